The number of nitrogens with one attached hydrogen (secondary N) is 1. The summed E-state index contributed by atoms with van der Waals surface area (Å²) in [6, 6.07) is 14.1. The Balaban J connectivity index is 1.59. The van der Waals surface area contributed by atoms with Gasteiger partial charge in [-0.05, 0) is 54.5 Å². The van der Waals surface area contributed by atoms with Gasteiger partial charge in [-0.25, -0.2) is 4.79 Å². The molecule has 2 aromatic carbocycles. The van der Waals surface area contributed by atoms with Gasteiger partial charge in [0.25, 0.3) is 0 Å². The number of likely N-dealkylation sites (tertiary alicyclic amines) is 1. The van der Waals surface area contributed by atoms with Crippen molar-refractivity contribution in [2.75, 3.05) is 20.2 Å². The predicted octanol–water partition coefficient (Wildman–Crippen LogP) is 4.87. The van der Waals surface area contributed by atoms with Crippen molar-refractivity contribution >= 4 is 23.6 Å². The van der Waals surface area contributed by atoms with Crippen molar-refractivity contribution < 1.29 is 19.1 Å². The van der Waals surface area contributed by atoms with Crippen LogP contribution in [0.4, 0.5) is 4.79 Å². The summed E-state index contributed by atoms with van der Waals surface area (Å²) < 4.78 is 10.6. The minimum atomic E-state index is -0.674. The Morgan fingerprint density at radius 2 is 1.65 bits per heavy atom. The molecular weight excluding hydrogens is 416 g/mol. The van der Waals surface area contributed by atoms with Gasteiger partial charge in [0.15, 0.2) is 11.5 Å². The lowest BCUT2D eigenvalue weighted by atomic mass is 9.89. The Bertz CT molecular complexity index is 893. The third-order valence-electron chi connectivity index (χ3n) is 5.63. The first-order valence-corrected chi connectivity index (χ1v) is 10.9. The second-order valence-corrected chi connectivity index (χ2v) is 8.49. The van der Waals surface area contributed by atoms with Crippen molar-refractivity contribution in [1.29, 1.82) is 0 Å². The minimum absolute atomic E-state index is 0.0771. The number of hydrogen-bond acceptors (Lipinski definition) is 4. The number of hydrogen-bond donors (Lipinski definition) is 1. The number of amides is 2. The lowest BCUT2D eigenvalue weighted by molar-refractivity contribution is -0.135. The molecular formula is C24H29ClN2O4. The fourth-order valence-electron chi connectivity index (χ4n) is 3.84. The molecule has 1 saturated heterocycles. The van der Waals surface area contributed by atoms with Crippen LogP contribution in [0, 0.1) is 5.92 Å². The average molecular weight is 445 g/mol. The van der Waals surface area contributed by atoms with Crippen LogP contribution in [-0.2, 0) is 4.79 Å². The molecule has 1 heterocycles. The smallest absolute Gasteiger partial charge is 0.413 e. The summed E-state index contributed by atoms with van der Waals surface area (Å²) in [7, 11) is 1.51. The molecule has 0 spiro atoms. The number of benzene rings is 2. The quantitative estimate of drug-likeness (QED) is 0.690. The van der Waals surface area contributed by atoms with Crippen LogP contribution in [0.2, 0.25) is 5.02 Å². The second-order valence-electron chi connectivity index (χ2n) is 8.06. The van der Waals surface area contributed by atoms with Gasteiger partial charge in [0.05, 0.1) is 7.11 Å². The fraction of sp³-hybridized carbons (Fsp3) is 0.417. The zero-order chi connectivity index (χ0) is 22.4. The van der Waals surface area contributed by atoms with Crippen molar-refractivity contribution in [3.8, 4) is 11.5 Å². The zero-order valence-electron chi connectivity index (χ0n) is 18.1. The first-order chi connectivity index (χ1) is 14.9. The van der Waals surface area contributed by atoms with E-state index in [4.69, 9.17) is 21.1 Å². The van der Waals surface area contributed by atoms with Crippen LogP contribution >= 0.6 is 11.6 Å². The Hall–Kier alpha value is -2.73. The molecule has 2 amide bonds. The van der Waals surface area contributed by atoms with Gasteiger partial charge in [-0.15, -0.1) is 0 Å². The number of ether oxygens (including phenoxy) is 2. The van der Waals surface area contributed by atoms with Crippen LogP contribution in [0.25, 0.3) is 0 Å². The molecule has 166 valence electrons. The molecule has 1 N–H and O–H groups in total. The highest BCUT2D eigenvalue weighted by Crippen LogP contribution is 2.29. The number of halogens is 1. The minimum Gasteiger partial charge on any atom is -0.493 e. The molecule has 0 aromatic heterocycles. The molecule has 1 atom stereocenters. The van der Waals surface area contributed by atoms with Crippen LogP contribution in [0.15, 0.2) is 48.5 Å². The van der Waals surface area contributed by atoms with Crippen LogP contribution in [0.1, 0.15) is 38.2 Å². The summed E-state index contributed by atoms with van der Waals surface area (Å²) in [5.41, 5.74) is 1.25. The molecule has 0 aliphatic carbocycles. The highest BCUT2D eigenvalue weighted by molar-refractivity contribution is 6.30. The van der Waals surface area contributed by atoms with E-state index in [-0.39, 0.29) is 11.8 Å². The van der Waals surface area contributed by atoms with Gasteiger partial charge < -0.3 is 19.7 Å². The highest BCUT2D eigenvalue weighted by Gasteiger charge is 2.32. The maximum atomic E-state index is 13.2. The Morgan fingerprint density at radius 3 is 2.23 bits per heavy atom. The van der Waals surface area contributed by atoms with Gasteiger partial charge in [-0.3, -0.25) is 4.79 Å². The number of methoxy groups -OCH3 is 1. The van der Waals surface area contributed by atoms with Gasteiger partial charge in [-0.2, -0.15) is 0 Å². The summed E-state index contributed by atoms with van der Waals surface area (Å²) in [5.74, 6) is 1.01. The van der Waals surface area contributed by atoms with Crippen molar-refractivity contribution in [1.82, 2.24) is 10.2 Å². The Morgan fingerprint density at radius 1 is 1.03 bits per heavy atom. The van der Waals surface area contributed by atoms with Crippen molar-refractivity contribution in [3.63, 3.8) is 0 Å². The van der Waals surface area contributed by atoms with E-state index in [0.717, 1.165) is 17.9 Å². The maximum absolute atomic E-state index is 13.2. The van der Waals surface area contributed by atoms with E-state index < -0.39 is 12.1 Å². The average Bonchev–Trinajstić information content (AvgIpc) is 2.78. The van der Waals surface area contributed by atoms with Gasteiger partial charge in [0, 0.05) is 18.1 Å². The molecule has 0 bridgehead atoms. The van der Waals surface area contributed by atoms with Gasteiger partial charge in [0.1, 0.15) is 6.04 Å². The van der Waals surface area contributed by atoms with Crippen molar-refractivity contribution in [3.05, 3.63) is 59.1 Å². The van der Waals surface area contributed by atoms with Crippen LogP contribution in [0.5, 0.6) is 11.5 Å². The topological polar surface area (TPSA) is 67.9 Å². The number of para-hydroxylation sites is 2. The molecule has 1 aliphatic heterocycles. The van der Waals surface area contributed by atoms with E-state index in [1.54, 1.807) is 24.3 Å². The summed E-state index contributed by atoms with van der Waals surface area (Å²) in [5, 5.41) is 3.46. The third kappa shape index (κ3) is 5.91. The summed E-state index contributed by atoms with van der Waals surface area (Å²) in [4.78, 5) is 27.5. The second kappa shape index (κ2) is 10.5. The maximum Gasteiger partial charge on any atom is 0.413 e. The number of nitrogens with zero attached hydrogens (tertiary/aromatic N) is 1. The SMILES string of the molecule is COc1ccccc1OC(=O)NC(C(=O)N1CCC(c2ccc(Cl)cc2)CC1)C(C)C. The van der Waals surface area contributed by atoms with E-state index >= 15 is 0 Å². The molecule has 1 fully saturated rings. The normalized spacial score (nSPS) is 15.5. The summed E-state index contributed by atoms with van der Waals surface area (Å²) in [6.07, 6.45) is 1.08. The van der Waals surface area contributed by atoms with E-state index in [9.17, 15) is 9.59 Å². The number of carbonyl (C=O) groups is 2. The highest BCUT2D eigenvalue weighted by atomic mass is 35.5. The largest absolute Gasteiger partial charge is 0.493 e. The zero-order valence-corrected chi connectivity index (χ0v) is 18.9. The van der Waals surface area contributed by atoms with E-state index in [2.05, 4.69) is 17.4 Å². The number of carbonyl (C=O) groups excluding carboxylic acids is 2. The molecule has 7 heteroatoms. The van der Waals surface area contributed by atoms with E-state index in [1.165, 1.54) is 12.7 Å². The molecule has 3 rings (SSSR count). The first-order valence-electron chi connectivity index (χ1n) is 10.5. The van der Waals surface area contributed by atoms with Crippen LogP contribution in [-0.4, -0.2) is 43.1 Å². The van der Waals surface area contributed by atoms with E-state index in [0.29, 0.717) is 30.5 Å². The first kappa shape index (κ1) is 22.9. The monoisotopic (exact) mass is 444 g/mol. The lowest BCUT2D eigenvalue weighted by Crippen LogP contribution is -2.53. The molecule has 0 saturated carbocycles. The van der Waals surface area contributed by atoms with Gasteiger partial charge in [-0.1, -0.05) is 49.7 Å². The van der Waals surface area contributed by atoms with Gasteiger partial charge in [0.2, 0.25) is 5.91 Å². The molecule has 1 unspecified atom stereocenters. The third-order valence-corrected chi connectivity index (χ3v) is 5.88. The van der Waals surface area contributed by atoms with Crippen LogP contribution in [0.3, 0.4) is 0 Å². The summed E-state index contributed by atoms with van der Waals surface area (Å²) in [6.45, 7) is 5.12. The number of rotatable bonds is 6. The van der Waals surface area contributed by atoms with Crippen LogP contribution < -0.4 is 14.8 Å². The van der Waals surface area contributed by atoms with Crippen molar-refractivity contribution in [2.45, 2.75) is 38.6 Å². The Kier molecular flexibility index (Phi) is 7.80. The fourth-order valence-corrected chi connectivity index (χ4v) is 3.96. The molecule has 31 heavy (non-hydrogen) atoms. The molecule has 1 aliphatic rings. The van der Waals surface area contributed by atoms with Crippen molar-refractivity contribution in [2.24, 2.45) is 5.92 Å². The van der Waals surface area contributed by atoms with Gasteiger partial charge >= 0.3 is 6.09 Å². The predicted molar refractivity (Wildman–Crippen MR) is 121 cm³/mol. The van der Waals surface area contributed by atoms with E-state index in [1.807, 2.05) is 30.9 Å². The molecule has 0 radical (unpaired) electrons. The molecule has 6 nitrogen and oxygen atoms in total. The number of piperidine rings is 1. The summed E-state index contributed by atoms with van der Waals surface area (Å²) >= 11 is 5.98. The molecule has 2 aromatic rings. The standard InChI is InChI=1S/C24H29ClN2O4/c1-16(2)22(26-24(29)31-21-7-5-4-6-20(21)30-3)23(28)27-14-12-18(13-15-27)17-8-10-19(25)11-9-17/h4-11,16,18,22H,12-15H2,1-3H3,(H,26,29). The Labute approximate surface area is 188 Å². The lowest BCUT2D eigenvalue weighted by Gasteiger charge is -2.35.